The predicted molar refractivity (Wildman–Crippen MR) is 97.5 cm³/mol. The quantitative estimate of drug-likeness (QED) is 0.728. The molecule has 5 atom stereocenters. The van der Waals surface area contributed by atoms with E-state index in [1.165, 1.54) is 11.0 Å². The summed E-state index contributed by atoms with van der Waals surface area (Å²) in [5.74, 6) is -1.28. The number of nitrogens with one attached hydrogen (secondary N) is 2. The summed E-state index contributed by atoms with van der Waals surface area (Å²) in [5.41, 5.74) is 3.64. The van der Waals surface area contributed by atoms with E-state index >= 15 is 0 Å². The smallest absolute Gasteiger partial charge is 0.357 e. The Bertz CT molecular complexity index is 1020. The Hall–Kier alpha value is -2.61. The normalized spacial score (nSPS) is 36.5. The monoisotopic (exact) mass is 420 g/mol. The van der Waals surface area contributed by atoms with Crippen molar-refractivity contribution in [1.82, 2.24) is 10.9 Å². The number of rotatable bonds is 3. The van der Waals surface area contributed by atoms with Gasteiger partial charge in [0.05, 0.1) is 46.9 Å². The Kier molecular flexibility index (Phi) is 3.85. The lowest BCUT2D eigenvalue weighted by molar-refractivity contribution is -0.139. The molecule has 4 aliphatic heterocycles. The number of nitrogens with zero attached hydrogens (tertiary/aromatic N) is 2. The number of hydrazine groups is 1. The summed E-state index contributed by atoms with van der Waals surface area (Å²) >= 11 is 0. The van der Waals surface area contributed by atoms with Crippen LogP contribution in [0.5, 0.6) is 0 Å². The highest BCUT2D eigenvalue weighted by molar-refractivity contribution is 6.00. The van der Waals surface area contributed by atoms with Crippen LogP contribution in [0.2, 0.25) is 0 Å². The highest BCUT2D eigenvalue weighted by atomic mass is 19.4. The SMILES string of the molecule is CNNC1=C[C@@]2(C)O[C@@]13CCO[C@H]1[C@@H]3[C@@H]2C(=O)N1c1ccc(C#N)c(C(F)(F)F)c1. The molecule has 5 rings (SSSR count). The average Bonchev–Trinajstić information content (AvgIpc) is 3.25. The lowest BCUT2D eigenvalue weighted by Crippen LogP contribution is -2.55. The Morgan fingerprint density at radius 1 is 1.37 bits per heavy atom. The number of carbonyl (C=O) groups is 1. The van der Waals surface area contributed by atoms with Crippen LogP contribution in [0, 0.1) is 23.2 Å². The highest BCUT2D eigenvalue weighted by Crippen LogP contribution is 2.64. The largest absolute Gasteiger partial charge is 0.417 e. The number of carbonyl (C=O) groups excluding carboxylic acids is 1. The van der Waals surface area contributed by atoms with Crippen molar-refractivity contribution >= 4 is 11.6 Å². The number of ether oxygens (including phenoxy) is 2. The summed E-state index contributed by atoms with van der Waals surface area (Å²) in [5, 5.41) is 9.06. The Morgan fingerprint density at radius 2 is 2.13 bits per heavy atom. The van der Waals surface area contributed by atoms with E-state index in [2.05, 4.69) is 10.9 Å². The second-order valence-corrected chi connectivity index (χ2v) is 8.17. The van der Waals surface area contributed by atoms with E-state index in [4.69, 9.17) is 14.7 Å². The lowest BCUT2D eigenvalue weighted by atomic mass is 9.68. The zero-order chi connectivity index (χ0) is 21.5. The van der Waals surface area contributed by atoms with E-state index in [0.717, 1.165) is 17.8 Å². The van der Waals surface area contributed by atoms with Gasteiger partial charge in [-0.05, 0) is 31.2 Å². The van der Waals surface area contributed by atoms with Gasteiger partial charge < -0.3 is 14.9 Å². The molecule has 0 radical (unpaired) electrons. The van der Waals surface area contributed by atoms with Crippen molar-refractivity contribution in [2.75, 3.05) is 18.6 Å². The maximum atomic E-state index is 13.5. The first-order valence-corrected chi connectivity index (χ1v) is 9.58. The molecule has 0 unspecified atom stereocenters. The van der Waals surface area contributed by atoms with Crippen LogP contribution in [0.4, 0.5) is 18.9 Å². The molecule has 2 N–H and O–H groups in total. The molecule has 7 nitrogen and oxygen atoms in total. The van der Waals surface area contributed by atoms with Crippen molar-refractivity contribution in [3.8, 4) is 6.07 Å². The van der Waals surface area contributed by atoms with E-state index in [1.807, 2.05) is 13.0 Å². The van der Waals surface area contributed by atoms with Gasteiger partial charge in [-0.3, -0.25) is 9.69 Å². The van der Waals surface area contributed by atoms with Gasteiger partial charge in [-0.25, -0.2) is 5.43 Å². The second-order valence-electron chi connectivity index (χ2n) is 8.17. The molecule has 0 aromatic heterocycles. The average molecular weight is 420 g/mol. The minimum absolute atomic E-state index is 0.0638. The summed E-state index contributed by atoms with van der Waals surface area (Å²) in [6, 6.07) is 4.88. The lowest BCUT2D eigenvalue weighted by Gasteiger charge is -2.43. The Labute approximate surface area is 170 Å². The van der Waals surface area contributed by atoms with Gasteiger partial charge in [0.25, 0.3) is 0 Å². The van der Waals surface area contributed by atoms with E-state index in [0.29, 0.717) is 13.0 Å². The fraction of sp³-hybridized carbons (Fsp3) is 0.500. The fourth-order valence-corrected chi connectivity index (χ4v) is 5.57. The molecule has 158 valence electrons. The van der Waals surface area contributed by atoms with Crippen LogP contribution >= 0.6 is 0 Å². The maximum absolute atomic E-state index is 13.5. The van der Waals surface area contributed by atoms with Crippen LogP contribution in [0.25, 0.3) is 0 Å². The summed E-state index contributed by atoms with van der Waals surface area (Å²) < 4.78 is 52.7. The van der Waals surface area contributed by atoms with Gasteiger partial charge in [0.15, 0.2) is 0 Å². The number of amides is 1. The van der Waals surface area contributed by atoms with E-state index in [-0.39, 0.29) is 17.5 Å². The number of fused-ring (bicyclic) bond motifs is 2. The van der Waals surface area contributed by atoms with Gasteiger partial charge in [-0.15, -0.1) is 0 Å². The number of anilines is 1. The first-order valence-electron chi connectivity index (χ1n) is 9.58. The molecule has 10 heteroatoms. The highest BCUT2D eigenvalue weighted by Gasteiger charge is 2.75. The van der Waals surface area contributed by atoms with Crippen molar-refractivity contribution in [1.29, 1.82) is 5.26 Å². The van der Waals surface area contributed by atoms with E-state index in [9.17, 15) is 18.0 Å². The van der Waals surface area contributed by atoms with Gasteiger partial charge in [0.2, 0.25) is 5.91 Å². The summed E-state index contributed by atoms with van der Waals surface area (Å²) in [6.07, 6.45) is -3.06. The molecule has 1 spiro atoms. The molecule has 4 heterocycles. The van der Waals surface area contributed by atoms with Gasteiger partial charge in [0.1, 0.15) is 11.8 Å². The topological polar surface area (TPSA) is 86.6 Å². The third kappa shape index (κ3) is 2.28. The number of hydrogen-bond acceptors (Lipinski definition) is 6. The van der Waals surface area contributed by atoms with Crippen LogP contribution in [-0.2, 0) is 20.4 Å². The molecule has 3 saturated heterocycles. The third-order valence-electron chi connectivity index (χ3n) is 6.60. The summed E-state index contributed by atoms with van der Waals surface area (Å²) in [6.45, 7) is 2.11. The predicted octanol–water partition coefficient (Wildman–Crippen LogP) is 2.05. The van der Waals surface area contributed by atoms with Crippen LogP contribution in [0.1, 0.15) is 24.5 Å². The second kappa shape index (κ2) is 5.97. The molecule has 30 heavy (non-hydrogen) atoms. The summed E-state index contributed by atoms with van der Waals surface area (Å²) in [7, 11) is 1.72. The first kappa shape index (κ1) is 19.4. The Balaban J connectivity index is 1.61. The molecule has 3 fully saturated rings. The van der Waals surface area contributed by atoms with Crippen molar-refractivity contribution in [2.24, 2.45) is 11.8 Å². The zero-order valence-electron chi connectivity index (χ0n) is 16.2. The molecule has 1 aromatic carbocycles. The standard InChI is InChI=1S/C20H19F3N4O3/c1-18-8-13(26-25-2)19(30-18)5-6-29-17-15(19)14(18)16(28)27(17)11-4-3-10(9-24)12(7-11)20(21,22)23/h3-4,7-8,14-15,17,25-26H,5-6H2,1-2H3/t14-,15+,17+,18-,19+/m1/s1. The molecule has 0 saturated carbocycles. The molecule has 1 amide bonds. The number of halogens is 3. The Morgan fingerprint density at radius 3 is 2.80 bits per heavy atom. The fourth-order valence-electron chi connectivity index (χ4n) is 5.57. The zero-order valence-corrected chi connectivity index (χ0v) is 16.2. The first-order chi connectivity index (χ1) is 14.2. The van der Waals surface area contributed by atoms with Gasteiger partial charge in [-0.2, -0.15) is 18.4 Å². The number of nitriles is 1. The van der Waals surface area contributed by atoms with Gasteiger partial charge in [-0.1, -0.05) is 0 Å². The molecular weight excluding hydrogens is 401 g/mol. The van der Waals surface area contributed by atoms with Crippen molar-refractivity contribution in [3.63, 3.8) is 0 Å². The van der Waals surface area contributed by atoms with E-state index in [1.54, 1.807) is 13.1 Å². The van der Waals surface area contributed by atoms with Crippen LogP contribution in [0.15, 0.2) is 30.0 Å². The van der Waals surface area contributed by atoms with Crippen LogP contribution in [0.3, 0.4) is 0 Å². The van der Waals surface area contributed by atoms with Crippen LogP contribution in [-0.4, -0.2) is 37.0 Å². The minimum Gasteiger partial charge on any atom is -0.357 e. The minimum atomic E-state index is -4.71. The number of benzene rings is 1. The molecule has 4 aliphatic rings. The van der Waals surface area contributed by atoms with Gasteiger partial charge in [0, 0.05) is 19.2 Å². The molecular formula is C20H19F3N4O3. The van der Waals surface area contributed by atoms with Crippen molar-refractivity contribution < 1.29 is 27.4 Å². The van der Waals surface area contributed by atoms with Gasteiger partial charge >= 0.3 is 6.18 Å². The van der Waals surface area contributed by atoms with E-state index < -0.39 is 40.7 Å². The van der Waals surface area contributed by atoms with Crippen molar-refractivity contribution in [3.05, 3.63) is 41.1 Å². The van der Waals surface area contributed by atoms with Crippen molar-refractivity contribution in [2.45, 2.75) is 37.0 Å². The number of alkyl halides is 3. The van der Waals surface area contributed by atoms with Crippen LogP contribution < -0.4 is 15.8 Å². The third-order valence-corrected chi connectivity index (χ3v) is 6.60. The summed E-state index contributed by atoms with van der Waals surface area (Å²) in [4.78, 5) is 14.8. The molecule has 1 aromatic rings. The molecule has 0 aliphatic carbocycles. The maximum Gasteiger partial charge on any atom is 0.417 e. The number of hydrogen-bond donors (Lipinski definition) is 2. The molecule has 2 bridgehead atoms.